The predicted molar refractivity (Wildman–Crippen MR) is 130 cm³/mol. The molecule has 1 aliphatic rings. The Morgan fingerprint density at radius 3 is 2.69 bits per heavy atom. The summed E-state index contributed by atoms with van der Waals surface area (Å²) in [7, 11) is 0. The molecule has 1 amide bonds. The number of rotatable bonds is 8. The number of aliphatic hydroxyl groups excluding tert-OH is 1. The highest BCUT2D eigenvalue weighted by Gasteiger charge is 2.29. The van der Waals surface area contributed by atoms with E-state index in [-0.39, 0.29) is 33.7 Å². The Kier molecular flexibility index (Phi) is 8.75. The summed E-state index contributed by atoms with van der Waals surface area (Å²) in [6.45, 7) is 7.28. The summed E-state index contributed by atoms with van der Waals surface area (Å²) < 4.78 is 32.7. The number of hydrogen-bond donors (Lipinski definition) is 2. The molecular formula is C25H35ClF2N4O3. The monoisotopic (exact) mass is 512 g/mol. The first kappa shape index (κ1) is 27.3. The number of aryl methyl sites for hydroxylation is 1. The highest BCUT2D eigenvalue weighted by molar-refractivity contribution is 6.32. The first-order chi connectivity index (χ1) is 16.4. The average molecular weight is 513 g/mol. The van der Waals surface area contributed by atoms with Gasteiger partial charge in [-0.05, 0) is 42.2 Å². The molecule has 0 spiro atoms. The van der Waals surface area contributed by atoms with E-state index >= 15 is 0 Å². The van der Waals surface area contributed by atoms with Gasteiger partial charge in [0.05, 0.1) is 6.10 Å². The summed E-state index contributed by atoms with van der Waals surface area (Å²) in [6, 6.07) is 1.53. The first-order valence-corrected chi connectivity index (χ1v) is 12.4. The number of halogens is 3. The lowest BCUT2D eigenvalue weighted by Crippen LogP contribution is -2.38. The molecule has 7 nitrogen and oxygen atoms in total. The Bertz CT molecular complexity index is 1040. The molecule has 1 aliphatic carbocycles. The van der Waals surface area contributed by atoms with Gasteiger partial charge in [-0.1, -0.05) is 52.6 Å². The zero-order chi connectivity index (χ0) is 25.9. The van der Waals surface area contributed by atoms with Crippen LogP contribution >= 0.6 is 11.6 Å². The number of nitrogens with one attached hydrogen (secondary N) is 1. The van der Waals surface area contributed by atoms with Gasteiger partial charge in [0.1, 0.15) is 11.0 Å². The van der Waals surface area contributed by atoms with Crippen LogP contribution in [0.4, 0.5) is 8.78 Å². The molecule has 0 saturated heterocycles. The number of carbonyl (C=O) groups is 1. The van der Waals surface area contributed by atoms with E-state index < -0.39 is 18.6 Å². The number of ether oxygens (including phenoxy) is 1. The quantitative estimate of drug-likeness (QED) is 0.507. The molecule has 10 heteroatoms. The van der Waals surface area contributed by atoms with Crippen LogP contribution in [0.25, 0.3) is 5.82 Å². The maximum Gasteiger partial charge on any atom is 0.387 e. The molecule has 0 radical (unpaired) electrons. The van der Waals surface area contributed by atoms with Crippen LogP contribution in [-0.2, 0) is 12.8 Å². The SMILES string of the molecule is CCc1nc(C(=O)NC[C@@H]2CC[C@@H](C)C[C@H]2O)c(Cl)n1-c1ncc(CC(C)(C)C)cc1OC(F)F. The smallest absolute Gasteiger partial charge is 0.387 e. The lowest BCUT2D eigenvalue weighted by molar-refractivity contribution is -0.0501. The molecule has 2 N–H and O–H groups in total. The van der Waals surface area contributed by atoms with E-state index in [9.17, 15) is 18.7 Å². The van der Waals surface area contributed by atoms with Gasteiger partial charge >= 0.3 is 6.61 Å². The van der Waals surface area contributed by atoms with Gasteiger partial charge in [-0.2, -0.15) is 8.78 Å². The number of amides is 1. The van der Waals surface area contributed by atoms with Gasteiger partial charge in [-0.25, -0.2) is 9.97 Å². The molecule has 1 saturated carbocycles. The van der Waals surface area contributed by atoms with Crippen LogP contribution in [0.3, 0.4) is 0 Å². The Hall–Kier alpha value is -2.26. The molecule has 1 fully saturated rings. The zero-order valence-corrected chi connectivity index (χ0v) is 21.7. The summed E-state index contributed by atoms with van der Waals surface area (Å²) in [5.74, 6) is 0.234. The zero-order valence-electron chi connectivity index (χ0n) is 20.9. The number of carbonyl (C=O) groups excluding carboxylic acids is 1. The summed E-state index contributed by atoms with van der Waals surface area (Å²) in [5.41, 5.74) is 0.636. The number of pyridine rings is 1. The van der Waals surface area contributed by atoms with Crippen molar-refractivity contribution in [3.63, 3.8) is 0 Å². The van der Waals surface area contributed by atoms with Crippen molar-refractivity contribution in [1.29, 1.82) is 0 Å². The Labute approximate surface area is 210 Å². The van der Waals surface area contributed by atoms with E-state index in [1.54, 1.807) is 6.20 Å². The van der Waals surface area contributed by atoms with E-state index in [4.69, 9.17) is 16.3 Å². The van der Waals surface area contributed by atoms with E-state index in [2.05, 4.69) is 22.2 Å². The van der Waals surface area contributed by atoms with E-state index in [0.29, 0.717) is 37.5 Å². The van der Waals surface area contributed by atoms with Gasteiger partial charge in [-0.3, -0.25) is 9.36 Å². The first-order valence-electron chi connectivity index (χ1n) is 12.1. The molecule has 2 heterocycles. The molecule has 194 valence electrons. The predicted octanol–water partition coefficient (Wildman–Crippen LogP) is 5.20. The van der Waals surface area contributed by atoms with Gasteiger partial charge in [0.25, 0.3) is 5.91 Å². The third-order valence-electron chi connectivity index (χ3n) is 6.22. The van der Waals surface area contributed by atoms with Gasteiger partial charge in [0.2, 0.25) is 0 Å². The fourth-order valence-electron chi connectivity index (χ4n) is 4.54. The minimum atomic E-state index is -3.06. The van der Waals surface area contributed by atoms with Crippen LogP contribution in [0.5, 0.6) is 5.75 Å². The Morgan fingerprint density at radius 2 is 2.09 bits per heavy atom. The minimum absolute atomic E-state index is 0.0225. The number of aromatic nitrogens is 3. The van der Waals surface area contributed by atoms with Crippen LogP contribution < -0.4 is 10.1 Å². The van der Waals surface area contributed by atoms with Gasteiger partial charge in [0, 0.05) is 25.1 Å². The standard InChI is InChI=1S/C25H35ClF2N4O3/c1-6-19-31-20(23(34)30-13-16-8-7-14(2)9-17(16)33)21(26)32(19)22-18(35-24(27)28)10-15(12-29-22)11-25(3,4)5/h10,12,14,16-17,24,33H,6-9,11,13H2,1-5H3,(H,30,34)/t14-,16+,17-/m1/s1. The second-order valence-electron chi connectivity index (χ2n) is 10.6. The molecule has 0 aliphatic heterocycles. The minimum Gasteiger partial charge on any atom is -0.431 e. The van der Waals surface area contributed by atoms with Crippen molar-refractivity contribution in [3.05, 3.63) is 34.5 Å². The van der Waals surface area contributed by atoms with E-state index in [1.165, 1.54) is 10.6 Å². The molecule has 3 atom stereocenters. The van der Waals surface area contributed by atoms with Crippen molar-refractivity contribution in [2.75, 3.05) is 6.54 Å². The van der Waals surface area contributed by atoms with Crippen molar-refractivity contribution in [1.82, 2.24) is 19.9 Å². The molecule has 0 bridgehead atoms. The fraction of sp³-hybridized carbons (Fsp3) is 0.640. The lowest BCUT2D eigenvalue weighted by Gasteiger charge is -2.31. The second kappa shape index (κ2) is 11.2. The largest absolute Gasteiger partial charge is 0.431 e. The fourth-order valence-corrected chi connectivity index (χ4v) is 4.84. The second-order valence-corrected chi connectivity index (χ2v) is 11.0. The maximum absolute atomic E-state index is 13.2. The third kappa shape index (κ3) is 6.91. The topological polar surface area (TPSA) is 89.3 Å². The highest BCUT2D eigenvalue weighted by Crippen LogP contribution is 2.32. The van der Waals surface area contributed by atoms with Gasteiger partial charge in [0.15, 0.2) is 17.3 Å². The van der Waals surface area contributed by atoms with Gasteiger partial charge < -0.3 is 15.2 Å². The number of hydrogen-bond acceptors (Lipinski definition) is 5. The Balaban J connectivity index is 1.90. The molecule has 2 aromatic rings. The van der Waals surface area contributed by atoms with Crippen molar-refractivity contribution >= 4 is 17.5 Å². The average Bonchev–Trinajstić information content (AvgIpc) is 3.08. The van der Waals surface area contributed by atoms with Crippen LogP contribution in [0.1, 0.15) is 75.8 Å². The molecule has 35 heavy (non-hydrogen) atoms. The molecule has 2 aromatic heterocycles. The summed E-state index contributed by atoms with van der Waals surface area (Å²) in [6.07, 6.45) is 4.65. The van der Waals surface area contributed by atoms with Gasteiger partial charge in [-0.15, -0.1) is 0 Å². The van der Waals surface area contributed by atoms with Crippen molar-refractivity contribution in [3.8, 4) is 11.6 Å². The number of alkyl halides is 2. The van der Waals surface area contributed by atoms with Crippen LogP contribution in [0, 0.1) is 17.3 Å². The summed E-state index contributed by atoms with van der Waals surface area (Å²) >= 11 is 6.57. The molecule has 0 aromatic carbocycles. The number of nitrogens with zero attached hydrogens (tertiary/aromatic N) is 3. The third-order valence-corrected chi connectivity index (χ3v) is 6.56. The van der Waals surface area contributed by atoms with Crippen LogP contribution in [0.2, 0.25) is 5.15 Å². The van der Waals surface area contributed by atoms with Crippen molar-refractivity contribution in [2.24, 2.45) is 17.3 Å². The number of aliphatic hydroxyl groups is 1. The van der Waals surface area contributed by atoms with E-state index in [0.717, 1.165) is 18.4 Å². The van der Waals surface area contributed by atoms with Crippen LogP contribution in [0.15, 0.2) is 12.3 Å². The molecule has 0 unspecified atom stereocenters. The maximum atomic E-state index is 13.2. The van der Waals surface area contributed by atoms with Crippen molar-refractivity contribution < 1.29 is 23.4 Å². The van der Waals surface area contributed by atoms with Crippen LogP contribution in [-0.4, -0.2) is 44.8 Å². The summed E-state index contributed by atoms with van der Waals surface area (Å²) in [4.78, 5) is 21.7. The van der Waals surface area contributed by atoms with E-state index in [1.807, 2.05) is 27.7 Å². The molecular weight excluding hydrogens is 478 g/mol. The normalized spacial score (nSPS) is 20.8. The number of imidazole rings is 1. The van der Waals surface area contributed by atoms with Crippen molar-refractivity contribution in [2.45, 2.75) is 79.4 Å². The highest BCUT2D eigenvalue weighted by atomic mass is 35.5. The lowest BCUT2D eigenvalue weighted by atomic mass is 9.81. The summed E-state index contributed by atoms with van der Waals surface area (Å²) in [5, 5.41) is 13.1. The molecule has 3 rings (SSSR count). The Morgan fingerprint density at radius 1 is 1.37 bits per heavy atom.